The van der Waals surface area contributed by atoms with Crippen LogP contribution in [0.3, 0.4) is 0 Å². The first-order valence-electron chi connectivity index (χ1n) is 4.98. The van der Waals surface area contributed by atoms with Crippen molar-refractivity contribution in [3.8, 4) is 11.4 Å². The minimum absolute atomic E-state index is 0.112. The van der Waals surface area contributed by atoms with Crippen molar-refractivity contribution in [2.75, 3.05) is 0 Å². The molecule has 1 heterocycles. The van der Waals surface area contributed by atoms with E-state index < -0.39 is 11.6 Å². The van der Waals surface area contributed by atoms with Gasteiger partial charge in [-0.3, -0.25) is 0 Å². The molecule has 0 N–H and O–H groups in total. The third kappa shape index (κ3) is 1.58. The van der Waals surface area contributed by atoms with Gasteiger partial charge in [0.05, 0.1) is 5.56 Å². The summed E-state index contributed by atoms with van der Waals surface area (Å²) in [6.07, 6.45) is 1.45. The fraction of sp³-hybridized carbons (Fsp3) is 0.273. The van der Waals surface area contributed by atoms with Gasteiger partial charge < -0.3 is 4.57 Å². The van der Waals surface area contributed by atoms with E-state index in [0.717, 1.165) is 0 Å². The molecule has 2 rings (SSSR count). The first-order chi connectivity index (χ1) is 7.65. The zero-order valence-corrected chi connectivity index (χ0v) is 9.04. The lowest BCUT2D eigenvalue weighted by Crippen LogP contribution is -2.01. The van der Waals surface area contributed by atoms with Crippen LogP contribution in [-0.4, -0.2) is 14.8 Å². The highest BCUT2D eigenvalue weighted by Crippen LogP contribution is 2.26. The van der Waals surface area contributed by atoms with Crippen molar-refractivity contribution in [1.82, 2.24) is 14.8 Å². The van der Waals surface area contributed by atoms with Gasteiger partial charge in [-0.2, -0.15) is 0 Å². The summed E-state index contributed by atoms with van der Waals surface area (Å²) in [5.74, 6) is -0.977. The van der Waals surface area contributed by atoms with Crippen LogP contribution in [0.1, 0.15) is 12.5 Å². The molecule has 0 amide bonds. The van der Waals surface area contributed by atoms with Crippen molar-refractivity contribution in [3.63, 3.8) is 0 Å². The third-order valence-corrected chi connectivity index (χ3v) is 2.46. The maximum atomic E-state index is 13.8. The normalized spacial score (nSPS) is 10.8. The van der Waals surface area contributed by atoms with E-state index in [1.165, 1.54) is 18.5 Å². The quantitative estimate of drug-likeness (QED) is 0.783. The minimum atomic E-state index is -0.620. The Kier molecular flexibility index (Phi) is 2.68. The molecule has 0 spiro atoms. The largest absolute Gasteiger partial charge is 0.314 e. The Bertz CT molecular complexity index is 520. The number of nitrogens with zero attached hydrogens (tertiary/aromatic N) is 3. The van der Waals surface area contributed by atoms with E-state index in [0.29, 0.717) is 12.1 Å². The number of hydrogen-bond acceptors (Lipinski definition) is 2. The molecule has 0 atom stereocenters. The molecule has 16 heavy (non-hydrogen) atoms. The summed E-state index contributed by atoms with van der Waals surface area (Å²) in [7, 11) is 0. The van der Waals surface area contributed by atoms with Crippen LogP contribution in [0.2, 0.25) is 0 Å². The first-order valence-corrected chi connectivity index (χ1v) is 4.98. The molecule has 0 aliphatic carbocycles. The predicted molar refractivity (Wildman–Crippen MR) is 55.8 cm³/mol. The molecule has 5 heteroatoms. The lowest BCUT2D eigenvalue weighted by molar-refractivity contribution is 0.578. The highest BCUT2D eigenvalue weighted by atomic mass is 19.1. The molecule has 1 aromatic carbocycles. The van der Waals surface area contributed by atoms with Crippen molar-refractivity contribution in [3.05, 3.63) is 35.7 Å². The zero-order chi connectivity index (χ0) is 11.7. The first kappa shape index (κ1) is 10.7. The zero-order valence-electron chi connectivity index (χ0n) is 9.04. The molecule has 0 fully saturated rings. The van der Waals surface area contributed by atoms with E-state index in [4.69, 9.17) is 0 Å². The molecule has 1 aromatic heterocycles. The van der Waals surface area contributed by atoms with Crippen LogP contribution >= 0.6 is 0 Å². The van der Waals surface area contributed by atoms with Gasteiger partial charge >= 0.3 is 0 Å². The van der Waals surface area contributed by atoms with Crippen molar-refractivity contribution in [2.45, 2.75) is 20.4 Å². The van der Waals surface area contributed by atoms with Crippen LogP contribution in [-0.2, 0) is 6.54 Å². The van der Waals surface area contributed by atoms with Gasteiger partial charge in [0.25, 0.3) is 0 Å². The average Bonchev–Trinajstić information content (AvgIpc) is 2.72. The summed E-state index contributed by atoms with van der Waals surface area (Å²) in [5, 5.41) is 7.41. The van der Waals surface area contributed by atoms with Gasteiger partial charge in [0.15, 0.2) is 5.82 Å². The van der Waals surface area contributed by atoms with Crippen LogP contribution in [0.5, 0.6) is 0 Å². The maximum Gasteiger partial charge on any atom is 0.169 e. The molecule has 84 valence electrons. The molecule has 3 nitrogen and oxygen atoms in total. The van der Waals surface area contributed by atoms with Crippen molar-refractivity contribution >= 4 is 0 Å². The Balaban J connectivity index is 2.68. The Labute approximate surface area is 91.7 Å². The van der Waals surface area contributed by atoms with Crippen molar-refractivity contribution in [2.24, 2.45) is 0 Å². The second-order valence-electron chi connectivity index (χ2n) is 3.49. The highest BCUT2D eigenvalue weighted by Gasteiger charge is 2.18. The fourth-order valence-electron chi connectivity index (χ4n) is 1.54. The van der Waals surface area contributed by atoms with Gasteiger partial charge in [0.1, 0.15) is 18.0 Å². The SMILES string of the molecule is CCn1cnnc1-c1c(F)ccc(C)c1F. The van der Waals surface area contributed by atoms with Gasteiger partial charge in [-0.15, -0.1) is 10.2 Å². The van der Waals surface area contributed by atoms with Gasteiger partial charge in [-0.05, 0) is 25.5 Å². The Hall–Kier alpha value is -1.78. The topological polar surface area (TPSA) is 30.7 Å². The average molecular weight is 223 g/mol. The van der Waals surface area contributed by atoms with Gasteiger partial charge in [0.2, 0.25) is 0 Å². The van der Waals surface area contributed by atoms with Gasteiger partial charge in [-0.25, -0.2) is 8.78 Å². The lowest BCUT2D eigenvalue weighted by atomic mass is 10.1. The molecule has 0 saturated carbocycles. The van der Waals surface area contributed by atoms with Crippen LogP contribution in [0, 0.1) is 18.6 Å². The maximum absolute atomic E-state index is 13.8. The standard InChI is InChI=1S/C11H11F2N3/c1-3-16-6-14-15-11(16)9-8(12)5-4-7(2)10(9)13/h4-6H,3H2,1-2H3. The van der Waals surface area contributed by atoms with E-state index in [1.54, 1.807) is 11.5 Å². The third-order valence-electron chi connectivity index (χ3n) is 2.46. The van der Waals surface area contributed by atoms with Crippen LogP contribution in [0.4, 0.5) is 8.78 Å². The summed E-state index contributed by atoms with van der Waals surface area (Å²) in [6.45, 7) is 4.01. The van der Waals surface area contributed by atoms with Crippen molar-refractivity contribution in [1.29, 1.82) is 0 Å². The van der Waals surface area contributed by atoms with Crippen LogP contribution < -0.4 is 0 Å². The van der Waals surface area contributed by atoms with E-state index in [1.807, 2.05) is 6.92 Å². The number of halogens is 2. The molecule has 0 bridgehead atoms. The van der Waals surface area contributed by atoms with Gasteiger partial charge in [0, 0.05) is 6.54 Å². The molecule has 0 aliphatic heterocycles. The Morgan fingerprint density at radius 2 is 2.06 bits per heavy atom. The highest BCUT2D eigenvalue weighted by molar-refractivity contribution is 5.58. The summed E-state index contributed by atoms with van der Waals surface area (Å²) in [5.41, 5.74) is 0.279. The molecule has 0 radical (unpaired) electrons. The monoisotopic (exact) mass is 223 g/mol. The van der Waals surface area contributed by atoms with E-state index in [2.05, 4.69) is 10.2 Å². The number of aromatic nitrogens is 3. The lowest BCUT2D eigenvalue weighted by Gasteiger charge is -2.07. The number of benzene rings is 1. The summed E-state index contributed by atoms with van der Waals surface area (Å²) in [4.78, 5) is 0. The molecular weight excluding hydrogens is 212 g/mol. The fourth-order valence-corrected chi connectivity index (χ4v) is 1.54. The number of aryl methyl sites for hydroxylation is 2. The second-order valence-corrected chi connectivity index (χ2v) is 3.49. The minimum Gasteiger partial charge on any atom is -0.314 e. The Morgan fingerprint density at radius 1 is 1.31 bits per heavy atom. The molecule has 0 aliphatic rings. The van der Waals surface area contributed by atoms with Crippen LogP contribution in [0.25, 0.3) is 11.4 Å². The molecule has 0 saturated heterocycles. The van der Waals surface area contributed by atoms with Crippen LogP contribution in [0.15, 0.2) is 18.5 Å². The molecular formula is C11H11F2N3. The van der Waals surface area contributed by atoms with E-state index in [-0.39, 0.29) is 11.4 Å². The van der Waals surface area contributed by atoms with E-state index >= 15 is 0 Å². The second kappa shape index (κ2) is 4.00. The molecule has 0 unspecified atom stereocenters. The summed E-state index contributed by atoms with van der Waals surface area (Å²) < 4.78 is 29.0. The van der Waals surface area contributed by atoms with Gasteiger partial charge in [-0.1, -0.05) is 6.07 Å². The Morgan fingerprint density at radius 3 is 2.75 bits per heavy atom. The summed E-state index contributed by atoms with van der Waals surface area (Å²) in [6, 6.07) is 2.64. The molecule has 2 aromatic rings. The number of rotatable bonds is 2. The smallest absolute Gasteiger partial charge is 0.169 e. The predicted octanol–water partition coefficient (Wildman–Crippen LogP) is 2.55. The van der Waals surface area contributed by atoms with E-state index in [9.17, 15) is 8.78 Å². The summed E-state index contributed by atoms with van der Waals surface area (Å²) >= 11 is 0. The van der Waals surface area contributed by atoms with Crippen molar-refractivity contribution < 1.29 is 8.78 Å². The number of hydrogen-bond donors (Lipinski definition) is 0.